The Labute approximate surface area is 142 Å². The number of hydrogen-bond donors (Lipinski definition) is 1. The van der Waals surface area contributed by atoms with Gasteiger partial charge in [-0.25, -0.2) is 0 Å². The predicted molar refractivity (Wildman–Crippen MR) is 92.8 cm³/mol. The van der Waals surface area contributed by atoms with Crippen LogP contribution in [0.4, 0.5) is 0 Å². The molecule has 2 N–H and O–H groups in total. The minimum Gasteiger partial charge on any atom is -0.493 e. The molecule has 0 aliphatic rings. The number of ether oxygens (including phenoxy) is 3. The molecule has 0 unspecified atom stereocenters. The van der Waals surface area contributed by atoms with Crippen LogP contribution >= 0.6 is 11.6 Å². The lowest BCUT2D eigenvalue weighted by molar-refractivity contribution is 0.210. The van der Waals surface area contributed by atoms with E-state index in [2.05, 4.69) is 0 Å². The van der Waals surface area contributed by atoms with Gasteiger partial charge in [0.1, 0.15) is 19.0 Å². The van der Waals surface area contributed by atoms with Crippen molar-refractivity contribution in [2.45, 2.75) is 20.4 Å². The van der Waals surface area contributed by atoms with Gasteiger partial charge in [0.25, 0.3) is 0 Å². The second-order valence-corrected chi connectivity index (χ2v) is 5.64. The quantitative estimate of drug-likeness (QED) is 0.780. The number of halogens is 1. The molecule has 23 heavy (non-hydrogen) atoms. The summed E-state index contributed by atoms with van der Waals surface area (Å²) in [5.74, 6) is 1.98. The first-order valence-electron chi connectivity index (χ1n) is 7.45. The van der Waals surface area contributed by atoms with E-state index in [1.807, 2.05) is 38.1 Å². The maximum Gasteiger partial charge on any atom is 0.179 e. The predicted octanol–water partition coefficient (Wildman–Crippen LogP) is 3.88. The average Bonchev–Trinajstić information content (AvgIpc) is 2.54. The highest BCUT2D eigenvalue weighted by molar-refractivity contribution is 6.32. The summed E-state index contributed by atoms with van der Waals surface area (Å²) in [7, 11) is 1.58. The largest absolute Gasteiger partial charge is 0.493 e. The van der Waals surface area contributed by atoms with Crippen molar-refractivity contribution < 1.29 is 14.2 Å². The van der Waals surface area contributed by atoms with Crippen LogP contribution in [0.25, 0.3) is 0 Å². The molecule has 0 heterocycles. The lowest BCUT2D eigenvalue weighted by Gasteiger charge is -2.15. The lowest BCUT2D eigenvalue weighted by Crippen LogP contribution is -2.11. The number of nitrogens with two attached hydrogens (primary N) is 1. The summed E-state index contributed by atoms with van der Waals surface area (Å²) >= 11 is 6.24. The fraction of sp³-hybridized carbons (Fsp3) is 0.333. The molecule has 0 fully saturated rings. The first kappa shape index (κ1) is 17.4. The van der Waals surface area contributed by atoms with E-state index in [4.69, 9.17) is 31.5 Å². The number of aryl methyl sites for hydroxylation is 2. The Kier molecular flexibility index (Phi) is 6.13. The van der Waals surface area contributed by atoms with Crippen molar-refractivity contribution >= 4 is 11.6 Å². The zero-order chi connectivity index (χ0) is 16.8. The third kappa shape index (κ3) is 4.30. The molecule has 0 radical (unpaired) electrons. The van der Waals surface area contributed by atoms with Crippen LogP contribution in [0.1, 0.15) is 16.7 Å². The zero-order valence-corrected chi connectivity index (χ0v) is 14.4. The molecule has 0 aliphatic carbocycles. The van der Waals surface area contributed by atoms with E-state index in [-0.39, 0.29) is 0 Å². The first-order chi connectivity index (χ1) is 11.1. The number of methoxy groups -OCH3 is 1. The maximum atomic E-state index is 6.24. The fourth-order valence-electron chi connectivity index (χ4n) is 2.35. The smallest absolute Gasteiger partial charge is 0.179 e. The van der Waals surface area contributed by atoms with Gasteiger partial charge in [0.2, 0.25) is 0 Å². The molecule has 0 bridgehead atoms. The Hall–Kier alpha value is -1.91. The molecule has 0 atom stereocenters. The van der Waals surface area contributed by atoms with E-state index in [1.54, 1.807) is 13.2 Å². The van der Waals surface area contributed by atoms with Gasteiger partial charge in [-0.15, -0.1) is 0 Å². The van der Waals surface area contributed by atoms with Crippen molar-refractivity contribution in [3.8, 4) is 17.2 Å². The Morgan fingerprint density at radius 1 is 1.00 bits per heavy atom. The molecule has 2 aromatic rings. The van der Waals surface area contributed by atoms with Crippen molar-refractivity contribution in [3.05, 3.63) is 52.0 Å². The third-order valence-electron chi connectivity index (χ3n) is 3.51. The summed E-state index contributed by atoms with van der Waals surface area (Å²) in [4.78, 5) is 0. The van der Waals surface area contributed by atoms with Crippen molar-refractivity contribution in [1.82, 2.24) is 0 Å². The molecule has 0 saturated carbocycles. The van der Waals surface area contributed by atoms with Gasteiger partial charge < -0.3 is 19.9 Å². The Morgan fingerprint density at radius 3 is 2.17 bits per heavy atom. The molecular weight excluding hydrogens is 314 g/mol. The minimum atomic E-state index is 0.367. The number of rotatable bonds is 7. The van der Waals surface area contributed by atoms with Crippen LogP contribution in [-0.2, 0) is 6.54 Å². The van der Waals surface area contributed by atoms with Crippen LogP contribution < -0.4 is 19.9 Å². The van der Waals surface area contributed by atoms with Gasteiger partial charge in [0.05, 0.1) is 12.1 Å². The standard InChI is InChI=1S/C18H22ClNO3/c1-12-5-4-6-13(2)17(12)22-7-8-23-18-15(19)9-14(11-20)10-16(18)21-3/h4-6,9-10H,7-8,11,20H2,1-3H3. The second-order valence-electron chi connectivity index (χ2n) is 5.23. The van der Waals surface area contributed by atoms with Gasteiger partial charge in [0.15, 0.2) is 11.5 Å². The first-order valence-corrected chi connectivity index (χ1v) is 7.83. The molecule has 4 nitrogen and oxygen atoms in total. The molecule has 0 spiro atoms. The van der Waals surface area contributed by atoms with Gasteiger partial charge in [-0.05, 0) is 42.7 Å². The van der Waals surface area contributed by atoms with Crippen molar-refractivity contribution in [2.24, 2.45) is 5.73 Å². The normalized spacial score (nSPS) is 10.5. The van der Waals surface area contributed by atoms with E-state index in [0.717, 1.165) is 22.4 Å². The molecule has 2 aromatic carbocycles. The van der Waals surface area contributed by atoms with E-state index >= 15 is 0 Å². The Morgan fingerprint density at radius 2 is 1.61 bits per heavy atom. The third-order valence-corrected chi connectivity index (χ3v) is 3.79. The molecule has 5 heteroatoms. The van der Waals surface area contributed by atoms with Crippen LogP contribution in [0.2, 0.25) is 5.02 Å². The molecular formula is C18H22ClNO3. The van der Waals surface area contributed by atoms with Gasteiger partial charge >= 0.3 is 0 Å². The highest BCUT2D eigenvalue weighted by Gasteiger charge is 2.12. The summed E-state index contributed by atoms with van der Waals surface area (Å²) in [5, 5.41) is 0.483. The van der Waals surface area contributed by atoms with E-state index in [9.17, 15) is 0 Å². The highest BCUT2D eigenvalue weighted by atomic mass is 35.5. The molecule has 0 saturated heterocycles. The molecule has 0 aliphatic heterocycles. The summed E-state index contributed by atoms with van der Waals surface area (Å²) in [6.45, 7) is 5.23. The van der Waals surface area contributed by atoms with Gasteiger partial charge in [0, 0.05) is 6.54 Å². The van der Waals surface area contributed by atoms with Gasteiger partial charge in [-0.1, -0.05) is 29.8 Å². The van der Waals surface area contributed by atoms with Crippen LogP contribution in [0.15, 0.2) is 30.3 Å². The van der Waals surface area contributed by atoms with Crippen molar-refractivity contribution in [2.75, 3.05) is 20.3 Å². The number of hydrogen-bond acceptors (Lipinski definition) is 4. The van der Waals surface area contributed by atoms with Crippen molar-refractivity contribution in [1.29, 1.82) is 0 Å². The topological polar surface area (TPSA) is 53.7 Å². The molecule has 0 aromatic heterocycles. The zero-order valence-electron chi connectivity index (χ0n) is 13.7. The van der Waals surface area contributed by atoms with Crippen molar-refractivity contribution in [3.63, 3.8) is 0 Å². The summed E-state index contributed by atoms with van der Waals surface area (Å²) in [6.07, 6.45) is 0. The van der Waals surface area contributed by atoms with E-state index in [0.29, 0.717) is 36.3 Å². The van der Waals surface area contributed by atoms with Gasteiger partial charge in [-0.2, -0.15) is 0 Å². The fourth-order valence-corrected chi connectivity index (χ4v) is 2.63. The van der Waals surface area contributed by atoms with Crippen LogP contribution in [0, 0.1) is 13.8 Å². The summed E-state index contributed by atoms with van der Waals surface area (Å²) < 4.78 is 16.9. The molecule has 124 valence electrons. The minimum absolute atomic E-state index is 0.367. The van der Waals surface area contributed by atoms with E-state index in [1.165, 1.54) is 0 Å². The summed E-state index contributed by atoms with van der Waals surface area (Å²) in [5.41, 5.74) is 8.74. The number of benzene rings is 2. The highest BCUT2D eigenvalue weighted by Crippen LogP contribution is 2.36. The second kappa shape index (κ2) is 8.09. The molecule has 2 rings (SSSR count). The Bertz CT molecular complexity index is 653. The molecule has 0 amide bonds. The average molecular weight is 336 g/mol. The maximum absolute atomic E-state index is 6.24. The monoisotopic (exact) mass is 335 g/mol. The van der Waals surface area contributed by atoms with E-state index < -0.39 is 0 Å². The van der Waals surface area contributed by atoms with Crippen LogP contribution in [0.3, 0.4) is 0 Å². The van der Waals surface area contributed by atoms with Crippen LogP contribution in [-0.4, -0.2) is 20.3 Å². The van der Waals surface area contributed by atoms with Gasteiger partial charge in [-0.3, -0.25) is 0 Å². The SMILES string of the molecule is COc1cc(CN)cc(Cl)c1OCCOc1c(C)cccc1C. The summed E-state index contributed by atoms with van der Waals surface area (Å²) in [6, 6.07) is 9.67. The Balaban J connectivity index is 1.99. The number of para-hydroxylation sites is 1. The lowest BCUT2D eigenvalue weighted by atomic mass is 10.1. The van der Waals surface area contributed by atoms with Crippen LogP contribution in [0.5, 0.6) is 17.2 Å².